The molecular weight excluding hydrogens is 352 g/mol. The van der Waals surface area contributed by atoms with E-state index < -0.39 is 0 Å². The first-order valence-corrected chi connectivity index (χ1v) is 11.0. The Morgan fingerprint density at radius 1 is 1.07 bits per heavy atom. The van der Waals surface area contributed by atoms with Crippen LogP contribution in [-0.4, -0.2) is 51.2 Å². The van der Waals surface area contributed by atoms with Crippen LogP contribution in [-0.2, 0) is 21.5 Å². The van der Waals surface area contributed by atoms with Crippen molar-refractivity contribution in [2.24, 2.45) is 23.7 Å². The zero-order valence-electron chi connectivity index (χ0n) is 16.3. The average Bonchev–Trinajstić information content (AvgIpc) is 3.12. The van der Waals surface area contributed by atoms with Crippen molar-refractivity contribution in [1.82, 2.24) is 19.8 Å². The molecule has 3 atom stereocenters. The summed E-state index contributed by atoms with van der Waals surface area (Å²) in [5.74, 6) is 2.12. The molecule has 6 nitrogen and oxygen atoms in total. The molecule has 0 radical (unpaired) electrons. The first-order chi connectivity index (χ1) is 13.7. The number of likely N-dealkylation sites (tertiary alicyclic amines) is 1. The van der Waals surface area contributed by atoms with E-state index in [2.05, 4.69) is 31.9 Å². The van der Waals surface area contributed by atoms with Gasteiger partial charge in [0.2, 0.25) is 11.8 Å². The largest absolute Gasteiger partial charge is 0.348 e. The second-order valence-electron chi connectivity index (χ2n) is 9.49. The molecule has 3 fully saturated rings. The van der Waals surface area contributed by atoms with E-state index in [-0.39, 0.29) is 17.4 Å². The van der Waals surface area contributed by atoms with Gasteiger partial charge in [0.05, 0.1) is 17.6 Å². The minimum Gasteiger partial charge on any atom is -0.348 e. The van der Waals surface area contributed by atoms with Gasteiger partial charge in [-0.2, -0.15) is 0 Å². The number of nitrogens with zero attached hydrogens (tertiary/aromatic N) is 3. The molecule has 0 unspecified atom stereocenters. The van der Waals surface area contributed by atoms with Gasteiger partial charge in [-0.05, 0) is 50.4 Å². The Morgan fingerprint density at radius 2 is 1.89 bits per heavy atom. The molecule has 2 bridgehead atoms. The van der Waals surface area contributed by atoms with Gasteiger partial charge in [-0.1, -0.05) is 12.2 Å². The molecule has 2 amide bonds. The lowest BCUT2D eigenvalue weighted by Gasteiger charge is -2.51. The van der Waals surface area contributed by atoms with Gasteiger partial charge >= 0.3 is 0 Å². The summed E-state index contributed by atoms with van der Waals surface area (Å²) in [4.78, 5) is 38.4. The van der Waals surface area contributed by atoms with Crippen molar-refractivity contribution in [3.05, 3.63) is 29.9 Å². The Kier molecular flexibility index (Phi) is 3.57. The molecule has 6 rings (SSSR count). The van der Waals surface area contributed by atoms with Gasteiger partial charge in [0, 0.05) is 43.6 Å². The molecule has 1 saturated heterocycles. The maximum absolute atomic E-state index is 13.2. The highest BCUT2D eigenvalue weighted by atomic mass is 16.2. The number of hydrogen-bond donors (Lipinski definition) is 1. The lowest BCUT2D eigenvalue weighted by Crippen LogP contribution is -2.59. The fourth-order valence-electron chi connectivity index (χ4n) is 6.25. The topological polar surface area (TPSA) is 69.3 Å². The van der Waals surface area contributed by atoms with Crippen LogP contribution in [0.4, 0.5) is 0 Å². The molecule has 6 heteroatoms. The monoisotopic (exact) mass is 380 g/mol. The van der Waals surface area contributed by atoms with Gasteiger partial charge in [0.1, 0.15) is 0 Å². The highest BCUT2D eigenvalue weighted by Gasteiger charge is 2.52. The zero-order chi connectivity index (χ0) is 18.9. The minimum atomic E-state index is -0.321. The second-order valence-corrected chi connectivity index (χ2v) is 9.49. The summed E-state index contributed by atoms with van der Waals surface area (Å²) < 4.78 is 0. The predicted octanol–water partition coefficient (Wildman–Crippen LogP) is 2.23. The Bertz CT molecular complexity index is 846. The molecule has 1 spiro atoms. The fourth-order valence-corrected chi connectivity index (χ4v) is 6.25. The molecule has 5 aliphatic rings. The number of piperidine rings is 1. The van der Waals surface area contributed by atoms with E-state index in [1.807, 2.05) is 0 Å². The third-order valence-electron chi connectivity index (χ3n) is 7.95. The predicted molar refractivity (Wildman–Crippen MR) is 103 cm³/mol. The average molecular weight is 380 g/mol. The van der Waals surface area contributed by atoms with Crippen LogP contribution in [0.2, 0.25) is 0 Å². The number of nitrogens with one attached hydrogen (secondary N) is 1. The van der Waals surface area contributed by atoms with E-state index in [0.29, 0.717) is 23.7 Å². The number of amides is 2. The second kappa shape index (κ2) is 5.94. The summed E-state index contributed by atoms with van der Waals surface area (Å²) in [6.07, 6.45) is 13.1. The van der Waals surface area contributed by atoms with Crippen LogP contribution in [0.1, 0.15) is 49.9 Å². The summed E-state index contributed by atoms with van der Waals surface area (Å²) in [7, 11) is 0. The Balaban J connectivity index is 1.24. The van der Waals surface area contributed by atoms with E-state index in [1.165, 1.54) is 5.69 Å². The zero-order valence-corrected chi connectivity index (χ0v) is 16.3. The lowest BCUT2D eigenvalue weighted by molar-refractivity contribution is -0.147. The maximum atomic E-state index is 13.2. The highest BCUT2D eigenvalue weighted by molar-refractivity contribution is 5.83. The summed E-state index contributed by atoms with van der Waals surface area (Å²) in [5.41, 5.74) is 1.92. The van der Waals surface area contributed by atoms with Crippen LogP contribution in [0, 0.1) is 23.7 Å². The van der Waals surface area contributed by atoms with Crippen LogP contribution in [0.25, 0.3) is 0 Å². The first kappa shape index (κ1) is 16.8. The highest BCUT2D eigenvalue weighted by Crippen LogP contribution is 2.47. The molecule has 1 aromatic heterocycles. The number of rotatable bonds is 2. The summed E-state index contributed by atoms with van der Waals surface area (Å²) in [5, 5.41) is 0. The van der Waals surface area contributed by atoms with Crippen molar-refractivity contribution in [3.63, 3.8) is 0 Å². The molecule has 1 N–H and O–H groups in total. The van der Waals surface area contributed by atoms with E-state index >= 15 is 0 Å². The molecule has 1 aromatic rings. The molecule has 148 valence electrons. The molecule has 0 aromatic carbocycles. The smallest absolute Gasteiger partial charge is 0.226 e. The first-order valence-electron chi connectivity index (χ1n) is 11.0. The number of aromatic nitrogens is 2. The van der Waals surface area contributed by atoms with Gasteiger partial charge in [-0.25, -0.2) is 4.98 Å². The standard InChI is InChI=1S/C22H28N4O2/c27-20(15-3-4-15)26-8-5-18-19(24-13-23-18)22(26)6-9-25(10-7-22)21(28)17-12-14-1-2-16(17)11-14/h1-2,13-17H,3-12H2,(H,23,24)/t14-,16+,17+/m1/s1. The minimum absolute atomic E-state index is 0.181. The van der Waals surface area contributed by atoms with Crippen LogP contribution in [0.5, 0.6) is 0 Å². The van der Waals surface area contributed by atoms with E-state index in [9.17, 15) is 9.59 Å². The number of fused-ring (bicyclic) bond motifs is 4. The Labute approximate surface area is 165 Å². The number of H-pyrrole nitrogens is 1. The maximum Gasteiger partial charge on any atom is 0.226 e. The number of allylic oxidation sites excluding steroid dienone is 2. The van der Waals surface area contributed by atoms with Crippen LogP contribution < -0.4 is 0 Å². The third-order valence-corrected chi connectivity index (χ3v) is 7.95. The van der Waals surface area contributed by atoms with Crippen LogP contribution in [0.3, 0.4) is 0 Å². The SMILES string of the molecule is O=C([C@H]1C[C@@H]2C=C[C@H]1C2)N1CCC2(CC1)c1nc[nH]c1CCN2C(=O)C1CC1. The lowest BCUT2D eigenvalue weighted by atomic mass is 9.78. The van der Waals surface area contributed by atoms with Gasteiger partial charge in [0.25, 0.3) is 0 Å². The van der Waals surface area contributed by atoms with Gasteiger partial charge < -0.3 is 14.8 Å². The number of carbonyl (C=O) groups is 2. The van der Waals surface area contributed by atoms with Crippen molar-refractivity contribution < 1.29 is 9.59 Å². The third kappa shape index (κ3) is 2.36. The molecule has 3 aliphatic carbocycles. The summed E-state index contributed by atoms with van der Waals surface area (Å²) in [6.45, 7) is 2.24. The van der Waals surface area contributed by atoms with Crippen molar-refractivity contribution in [2.75, 3.05) is 19.6 Å². The van der Waals surface area contributed by atoms with Gasteiger partial charge in [-0.15, -0.1) is 0 Å². The molecule has 2 aliphatic heterocycles. The number of carbonyl (C=O) groups excluding carboxylic acids is 2. The van der Waals surface area contributed by atoms with Crippen LogP contribution in [0.15, 0.2) is 18.5 Å². The molecule has 28 heavy (non-hydrogen) atoms. The van der Waals surface area contributed by atoms with Crippen molar-refractivity contribution in [3.8, 4) is 0 Å². The summed E-state index contributed by atoms with van der Waals surface area (Å²) in [6, 6.07) is 0. The van der Waals surface area contributed by atoms with Gasteiger partial charge in [-0.3, -0.25) is 9.59 Å². The molecular formula is C22H28N4O2. The van der Waals surface area contributed by atoms with E-state index in [0.717, 1.165) is 70.3 Å². The fraction of sp³-hybridized carbons (Fsp3) is 0.682. The Hall–Kier alpha value is -2.11. The van der Waals surface area contributed by atoms with E-state index in [4.69, 9.17) is 0 Å². The van der Waals surface area contributed by atoms with Crippen molar-refractivity contribution in [1.29, 1.82) is 0 Å². The van der Waals surface area contributed by atoms with Gasteiger partial charge in [0.15, 0.2) is 0 Å². The number of imidazole rings is 1. The normalized spacial score (nSPS) is 32.8. The molecule has 3 heterocycles. The Morgan fingerprint density at radius 3 is 2.57 bits per heavy atom. The van der Waals surface area contributed by atoms with Crippen molar-refractivity contribution in [2.45, 2.75) is 50.5 Å². The van der Waals surface area contributed by atoms with E-state index in [1.54, 1.807) is 6.33 Å². The molecule has 2 saturated carbocycles. The number of aromatic amines is 1. The number of hydrogen-bond acceptors (Lipinski definition) is 3. The van der Waals surface area contributed by atoms with Crippen molar-refractivity contribution >= 4 is 11.8 Å². The van der Waals surface area contributed by atoms with Crippen LogP contribution >= 0.6 is 0 Å². The quantitative estimate of drug-likeness (QED) is 0.800. The summed E-state index contributed by atoms with van der Waals surface area (Å²) >= 11 is 0.